The summed E-state index contributed by atoms with van der Waals surface area (Å²) < 4.78 is 5.43. The van der Waals surface area contributed by atoms with E-state index in [1.165, 1.54) is 11.1 Å². The SMILES string of the molecule is CCc1ccc(OC)c(CCN(C)CCNC)c1. The molecule has 0 heterocycles. The van der Waals surface area contributed by atoms with Crippen LogP contribution in [0.15, 0.2) is 18.2 Å². The van der Waals surface area contributed by atoms with E-state index in [2.05, 4.69) is 42.4 Å². The summed E-state index contributed by atoms with van der Waals surface area (Å²) in [5, 5.41) is 3.17. The van der Waals surface area contributed by atoms with E-state index in [-0.39, 0.29) is 0 Å². The predicted octanol–water partition coefficient (Wildman–Crippen LogP) is 1.95. The van der Waals surface area contributed by atoms with Gasteiger partial charge < -0.3 is 15.0 Å². The molecule has 0 radical (unpaired) electrons. The molecule has 0 aliphatic rings. The van der Waals surface area contributed by atoms with Gasteiger partial charge in [-0.25, -0.2) is 0 Å². The summed E-state index contributed by atoms with van der Waals surface area (Å²) in [7, 11) is 5.89. The van der Waals surface area contributed by atoms with Crippen LogP contribution in [0.4, 0.5) is 0 Å². The Balaban J connectivity index is 2.59. The zero-order valence-electron chi connectivity index (χ0n) is 12.1. The minimum atomic E-state index is 1.01. The number of ether oxygens (including phenoxy) is 1. The Hall–Kier alpha value is -1.06. The van der Waals surface area contributed by atoms with Crippen molar-refractivity contribution in [2.24, 2.45) is 0 Å². The third kappa shape index (κ3) is 4.67. The monoisotopic (exact) mass is 250 g/mol. The van der Waals surface area contributed by atoms with E-state index in [4.69, 9.17) is 4.74 Å². The summed E-state index contributed by atoms with van der Waals surface area (Å²) >= 11 is 0. The fraction of sp³-hybridized carbons (Fsp3) is 0.600. The smallest absolute Gasteiger partial charge is 0.122 e. The molecule has 0 saturated heterocycles. The largest absolute Gasteiger partial charge is 0.496 e. The van der Waals surface area contributed by atoms with Gasteiger partial charge in [0.2, 0.25) is 0 Å². The third-order valence-corrected chi connectivity index (χ3v) is 3.26. The molecule has 0 unspecified atom stereocenters. The number of methoxy groups -OCH3 is 1. The zero-order valence-corrected chi connectivity index (χ0v) is 12.1. The van der Waals surface area contributed by atoms with E-state index >= 15 is 0 Å². The van der Waals surface area contributed by atoms with E-state index in [0.29, 0.717) is 0 Å². The molecule has 0 aromatic heterocycles. The lowest BCUT2D eigenvalue weighted by Gasteiger charge is -2.17. The van der Waals surface area contributed by atoms with Crippen molar-refractivity contribution in [3.63, 3.8) is 0 Å². The molecule has 1 rings (SSSR count). The van der Waals surface area contributed by atoms with Gasteiger partial charge >= 0.3 is 0 Å². The molecule has 0 amide bonds. The Morgan fingerprint density at radius 3 is 2.67 bits per heavy atom. The maximum atomic E-state index is 5.43. The van der Waals surface area contributed by atoms with Crippen LogP contribution in [-0.2, 0) is 12.8 Å². The van der Waals surface area contributed by atoms with Gasteiger partial charge in [-0.2, -0.15) is 0 Å². The van der Waals surface area contributed by atoms with Gasteiger partial charge in [-0.15, -0.1) is 0 Å². The van der Waals surface area contributed by atoms with Gasteiger partial charge in [-0.05, 0) is 44.1 Å². The van der Waals surface area contributed by atoms with Crippen molar-refractivity contribution >= 4 is 0 Å². The number of hydrogen-bond acceptors (Lipinski definition) is 3. The Labute approximate surface area is 111 Å². The van der Waals surface area contributed by atoms with Crippen LogP contribution in [0.1, 0.15) is 18.1 Å². The molecule has 0 atom stereocenters. The zero-order chi connectivity index (χ0) is 13.4. The van der Waals surface area contributed by atoms with Crippen molar-refractivity contribution in [1.82, 2.24) is 10.2 Å². The first-order valence-electron chi connectivity index (χ1n) is 6.70. The van der Waals surface area contributed by atoms with Gasteiger partial charge in [-0.3, -0.25) is 0 Å². The Kier molecular flexibility index (Phi) is 6.76. The summed E-state index contributed by atoms with van der Waals surface area (Å²) in [5.41, 5.74) is 2.69. The number of hydrogen-bond donors (Lipinski definition) is 1. The lowest BCUT2D eigenvalue weighted by Crippen LogP contribution is -2.29. The second kappa shape index (κ2) is 8.11. The fourth-order valence-electron chi connectivity index (χ4n) is 1.97. The summed E-state index contributed by atoms with van der Waals surface area (Å²) in [4.78, 5) is 2.34. The number of rotatable bonds is 8. The molecular weight excluding hydrogens is 224 g/mol. The highest BCUT2D eigenvalue weighted by Gasteiger charge is 2.05. The Bertz CT molecular complexity index is 352. The second-order valence-electron chi connectivity index (χ2n) is 4.66. The summed E-state index contributed by atoms with van der Waals surface area (Å²) in [6.45, 7) is 5.35. The normalized spacial score (nSPS) is 10.9. The van der Waals surface area contributed by atoms with Crippen LogP contribution in [0.25, 0.3) is 0 Å². The molecule has 0 aliphatic heterocycles. The van der Waals surface area contributed by atoms with E-state index in [9.17, 15) is 0 Å². The van der Waals surface area contributed by atoms with Gasteiger partial charge in [0.15, 0.2) is 0 Å². The Morgan fingerprint density at radius 2 is 2.06 bits per heavy atom. The summed E-state index contributed by atoms with van der Waals surface area (Å²) in [6.07, 6.45) is 2.11. The van der Waals surface area contributed by atoms with Gasteiger partial charge in [0.25, 0.3) is 0 Å². The number of aryl methyl sites for hydroxylation is 1. The number of benzene rings is 1. The second-order valence-corrected chi connectivity index (χ2v) is 4.66. The first kappa shape index (κ1) is 15.0. The fourth-order valence-corrected chi connectivity index (χ4v) is 1.97. The van der Waals surface area contributed by atoms with Crippen molar-refractivity contribution < 1.29 is 4.74 Å². The Morgan fingerprint density at radius 1 is 1.28 bits per heavy atom. The van der Waals surface area contributed by atoms with Crippen molar-refractivity contribution in [2.75, 3.05) is 40.8 Å². The van der Waals surface area contributed by atoms with E-state index < -0.39 is 0 Å². The molecule has 3 nitrogen and oxygen atoms in total. The highest BCUT2D eigenvalue weighted by Crippen LogP contribution is 2.20. The molecular formula is C15H26N2O. The average molecular weight is 250 g/mol. The lowest BCUT2D eigenvalue weighted by atomic mass is 10.0. The van der Waals surface area contributed by atoms with Crippen molar-refractivity contribution in [2.45, 2.75) is 19.8 Å². The van der Waals surface area contributed by atoms with Crippen LogP contribution in [0.3, 0.4) is 0 Å². The summed E-state index contributed by atoms with van der Waals surface area (Å²) in [5.74, 6) is 1.01. The van der Waals surface area contributed by atoms with Crippen LogP contribution >= 0.6 is 0 Å². The van der Waals surface area contributed by atoms with Crippen LogP contribution in [0, 0.1) is 0 Å². The van der Waals surface area contributed by atoms with Gasteiger partial charge in [0.05, 0.1) is 7.11 Å². The van der Waals surface area contributed by atoms with Crippen molar-refractivity contribution in [3.8, 4) is 5.75 Å². The first-order valence-corrected chi connectivity index (χ1v) is 6.70. The highest BCUT2D eigenvalue weighted by molar-refractivity contribution is 5.37. The minimum absolute atomic E-state index is 1.01. The molecule has 0 spiro atoms. The van der Waals surface area contributed by atoms with Crippen LogP contribution in [-0.4, -0.2) is 45.7 Å². The van der Waals surface area contributed by atoms with Gasteiger partial charge in [0.1, 0.15) is 5.75 Å². The first-order chi connectivity index (χ1) is 8.71. The standard InChI is InChI=1S/C15H26N2O/c1-5-13-6-7-15(18-4)14(12-13)8-10-17(3)11-9-16-2/h6-7,12,16H,5,8-11H2,1-4H3. The number of likely N-dealkylation sites (N-methyl/N-ethyl adjacent to an activating group) is 2. The third-order valence-electron chi connectivity index (χ3n) is 3.26. The van der Waals surface area contributed by atoms with E-state index in [1.54, 1.807) is 7.11 Å². The van der Waals surface area contributed by atoms with Gasteiger partial charge in [0, 0.05) is 19.6 Å². The summed E-state index contributed by atoms with van der Waals surface area (Å²) in [6, 6.07) is 6.50. The van der Waals surface area contributed by atoms with Crippen molar-refractivity contribution in [3.05, 3.63) is 29.3 Å². The number of nitrogens with zero attached hydrogens (tertiary/aromatic N) is 1. The molecule has 18 heavy (non-hydrogen) atoms. The lowest BCUT2D eigenvalue weighted by molar-refractivity contribution is 0.336. The maximum Gasteiger partial charge on any atom is 0.122 e. The molecule has 1 aromatic rings. The molecule has 0 bridgehead atoms. The molecule has 102 valence electrons. The highest BCUT2D eigenvalue weighted by atomic mass is 16.5. The minimum Gasteiger partial charge on any atom is -0.496 e. The quantitative estimate of drug-likeness (QED) is 0.763. The van der Waals surface area contributed by atoms with Crippen LogP contribution in [0.5, 0.6) is 5.75 Å². The maximum absolute atomic E-state index is 5.43. The van der Waals surface area contributed by atoms with Crippen LogP contribution < -0.4 is 10.1 Å². The molecule has 0 aliphatic carbocycles. The van der Waals surface area contributed by atoms with E-state index in [1.807, 2.05) is 7.05 Å². The molecule has 3 heteroatoms. The molecule has 0 saturated carbocycles. The van der Waals surface area contributed by atoms with Crippen molar-refractivity contribution in [1.29, 1.82) is 0 Å². The van der Waals surface area contributed by atoms with Crippen LogP contribution in [0.2, 0.25) is 0 Å². The molecule has 0 fully saturated rings. The predicted molar refractivity (Wildman–Crippen MR) is 77.5 cm³/mol. The molecule has 1 N–H and O–H groups in total. The average Bonchev–Trinajstić information content (AvgIpc) is 2.42. The van der Waals surface area contributed by atoms with E-state index in [0.717, 1.165) is 38.2 Å². The topological polar surface area (TPSA) is 24.5 Å². The molecule has 1 aromatic carbocycles. The number of nitrogens with one attached hydrogen (secondary N) is 1. The van der Waals surface area contributed by atoms with Gasteiger partial charge in [-0.1, -0.05) is 19.1 Å².